The summed E-state index contributed by atoms with van der Waals surface area (Å²) in [7, 11) is 1.65. The largest absolute Gasteiger partial charge is 0.358 e. The molecule has 0 unspecified atom stereocenters. The van der Waals surface area contributed by atoms with Crippen molar-refractivity contribution in [1.82, 2.24) is 10.2 Å². The van der Waals surface area contributed by atoms with Gasteiger partial charge in [0.25, 0.3) is 0 Å². The van der Waals surface area contributed by atoms with Crippen molar-refractivity contribution in [3.05, 3.63) is 48.6 Å². The Hall–Kier alpha value is -1.61. The first-order valence-corrected chi connectivity index (χ1v) is 5.34. The van der Waals surface area contributed by atoms with Crippen LogP contribution in [0.4, 0.5) is 0 Å². The van der Waals surface area contributed by atoms with Crippen molar-refractivity contribution in [1.29, 1.82) is 0 Å². The zero-order chi connectivity index (χ0) is 11.8. The molecule has 0 saturated heterocycles. The third-order valence-electron chi connectivity index (χ3n) is 2.28. The Morgan fingerprint density at radius 1 is 1.44 bits per heavy atom. The molecule has 0 aliphatic rings. The van der Waals surface area contributed by atoms with Crippen LogP contribution in [0.5, 0.6) is 0 Å². The molecule has 0 spiro atoms. The van der Waals surface area contributed by atoms with E-state index in [9.17, 15) is 4.79 Å². The molecule has 0 atom stereocenters. The van der Waals surface area contributed by atoms with E-state index in [1.165, 1.54) is 5.56 Å². The minimum Gasteiger partial charge on any atom is -0.358 e. The summed E-state index contributed by atoms with van der Waals surface area (Å²) in [5, 5.41) is 2.62. The molecule has 1 aromatic rings. The van der Waals surface area contributed by atoms with Crippen LogP contribution in [-0.2, 0) is 11.3 Å². The molecule has 3 heteroatoms. The Morgan fingerprint density at radius 2 is 2.12 bits per heavy atom. The van der Waals surface area contributed by atoms with E-state index in [0.29, 0.717) is 13.1 Å². The van der Waals surface area contributed by atoms with Crippen molar-refractivity contribution in [3.8, 4) is 0 Å². The third kappa shape index (κ3) is 4.28. The van der Waals surface area contributed by atoms with Gasteiger partial charge in [0.2, 0.25) is 5.91 Å². The molecule has 0 radical (unpaired) electrons. The van der Waals surface area contributed by atoms with Gasteiger partial charge in [-0.2, -0.15) is 0 Å². The van der Waals surface area contributed by atoms with E-state index in [0.717, 1.165) is 6.54 Å². The highest BCUT2D eigenvalue weighted by Gasteiger charge is 2.08. The molecule has 0 aliphatic carbocycles. The summed E-state index contributed by atoms with van der Waals surface area (Å²) in [4.78, 5) is 13.3. The van der Waals surface area contributed by atoms with Crippen molar-refractivity contribution < 1.29 is 4.79 Å². The normalized spacial score (nSPS) is 10.1. The Labute approximate surface area is 96.8 Å². The predicted molar refractivity (Wildman–Crippen MR) is 66.0 cm³/mol. The van der Waals surface area contributed by atoms with Gasteiger partial charge in [0.1, 0.15) is 0 Å². The maximum atomic E-state index is 11.3. The molecule has 16 heavy (non-hydrogen) atoms. The van der Waals surface area contributed by atoms with Gasteiger partial charge in [-0.3, -0.25) is 9.69 Å². The summed E-state index contributed by atoms with van der Waals surface area (Å²) in [5.41, 5.74) is 1.20. The van der Waals surface area contributed by atoms with Gasteiger partial charge >= 0.3 is 0 Å². The third-order valence-corrected chi connectivity index (χ3v) is 2.28. The minimum atomic E-state index is 0.0257. The maximum absolute atomic E-state index is 11.3. The lowest BCUT2D eigenvalue weighted by atomic mass is 10.2. The second-order valence-electron chi connectivity index (χ2n) is 3.62. The lowest BCUT2D eigenvalue weighted by Crippen LogP contribution is -2.35. The molecule has 1 amide bonds. The van der Waals surface area contributed by atoms with Gasteiger partial charge in [-0.05, 0) is 5.56 Å². The SMILES string of the molecule is C=CCN(CC(=O)NC)Cc1ccccc1. The number of carbonyl (C=O) groups excluding carboxylic acids is 1. The van der Waals surface area contributed by atoms with Crippen LogP contribution in [0.1, 0.15) is 5.56 Å². The zero-order valence-corrected chi connectivity index (χ0v) is 9.65. The van der Waals surface area contributed by atoms with Crippen LogP contribution in [0.15, 0.2) is 43.0 Å². The highest BCUT2D eigenvalue weighted by Crippen LogP contribution is 2.03. The van der Waals surface area contributed by atoms with E-state index in [-0.39, 0.29) is 5.91 Å². The summed E-state index contributed by atoms with van der Waals surface area (Å²) in [6, 6.07) is 10.1. The monoisotopic (exact) mass is 218 g/mol. The lowest BCUT2D eigenvalue weighted by molar-refractivity contribution is -0.121. The topological polar surface area (TPSA) is 32.3 Å². The second-order valence-corrected chi connectivity index (χ2v) is 3.62. The number of amides is 1. The molecule has 0 bridgehead atoms. The van der Waals surface area contributed by atoms with Gasteiger partial charge in [0.05, 0.1) is 6.54 Å². The van der Waals surface area contributed by atoms with E-state index >= 15 is 0 Å². The quantitative estimate of drug-likeness (QED) is 0.732. The highest BCUT2D eigenvalue weighted by atomic mass is 16.1. The van der Waals surface area contributed by atoms with Crippen LogP contribution in [0.25, 0.3) is 0 Å². The predicted octanol–water partition coefficient (Wildman–Crippen LogP) is 1.42. The molecule has 86 valence electrons. The second kappa shape index (κ2) is 6.80. The van der Waals surface area contributed by atoms with Gasteiger partial charge in [-0.1, -0.05) is 36.4 Å². The Balaban J connectivity index is 2.57. The molecule has 3 nitrogen and oxygen atoms in total. The first-order valence-electron chi connectivity index (χ1n) is 5.34. The van der Waals surface area contributed by atoms with E-state index in [1.54, 1.807) is 7.05 Å². The standard InChI is InChI=1S/C13H18N2O/c1-3-9-15(11-13(16)14-2)10-12-7-5-4-6-8-12/h3-8H,1,9-11H2,2H3,(H,14,16). The van der Waals surface area contributed by atoms with Crippen molar-refractivity contribution >= 4 is 5.91 Å². The highest BCUT2D eigenvalue weighted by molar-refractivity contribution is 5.77. The fourth-order valence-electron chi connectivity index (χ4n) is 1.49. The van der Waals surface area contributed by atoms with Crippen LogP contribution in [0.2, 0.25) is 0 Å². The fourth-order valence-corrected chi connectivity index (χ4v) is 1.49. The number of carbonyl (C=O) groups is 1. The van der Waals surface area contributed by atoms with E-state index in [1.807, 2.05) is 29.2 Å². The van der Waals surface area contributed by atoms with Crippen molar-refractivity contribution in [2.45, 2.75) is 6.54 Å². The first-order chi connectivity index (χ1) is 7.76. The number of rotatable bonds is 6. The Morgan fingerprint density at radius 3 is 2.69 bits per heavy atom. The van der Waals surface area contributed by atoms with Gasteiger partial charge in [-0.15, -0.1) is 6.58 Å². The lowest BCUT2D eigenvalue weighted by Gasteiger charge is -2.19. The maximum Gasteiger partial charge on any atom is 0.233 e. The molecule has 0 aromatic heterocycles. The fraction of sp³-hybridized carbons (Fsp3) is 0.308. The number of likely N-dealkylation sites (N-methyl/N-ethyl adjacent to an activating group) is 1. The van der Waals surface area contributed by atoms with Gasteiger partial charge in [-0.25, -0.2) is 0 Å². The minimum absolute atomic E-state index is 0.0257. The van der Waals surface area contributed by atoms with Crippen LogP contribution in [-0.4, -0.2) is 30.9 Å². The van der Waals surface area contributed by atoms with Crippen molar-refractivity contribution in [2.75, 3.05) is 20.1 Å². The average molecular weight is 218 g/mol. The molecule has 0 heterocycles. The summed E-state index contributed by atoms with van der Waals surface area (Å²) in [6.07, 6.45) is 1.81. The first kappa shape index (κ1) is 12.5. The summed E-state index contributed by atoms with van der Waals surface area (Å²) >= 11 is 0. The number of nitrogens with zero attached hydrogens (tertiary/aromatic N) is 1. The van der Waals surface area contributed by atoms with E-state index < -0.39 is 0 Å². The number of benzene rings is 1. The number of hydrogen-bond acceptors (Lipinski definition) is 2. The average Bonchev–Trinajstić information content (AvgIpc) is 2.30. The van der Waals surface area contributed by atoms with Gasteiger partial charge in [0, 0.05) is 20.1 Å². The summed E-state index contributed by atoms with van der Waals surface area (Å²) in [6.45, 7) is 5.58. The van der Waals surface area contributed by atoms with Gasteiger partial charge in [0.15, 0.2) is 0 Å². The van der Waals surface area contributed by atoms with E-state index in [2.05, 4.69) is 24.0 Å². The van der Waals surface area contributed by atoms with Crippen LogP contribution in [0, 0.1) is 0 Å². The van der Waals surface area contributed by atoms with Gasteiger partial charge < -0.3 is 5.32 Å². The molecule has 1 aromatic carbocycles. The summed E-state index contributed by atoms with van der Waals surface area (Å²) < 4.78 is 0. The molecule has 0 saturated carbocycles. The molecule has 0 aliphatic heterocycles. The van der Waals surface area contributed by atoms with Crippen LogP contribution in [0.3, 0.4) is 0 Å². The van der Waals surface area contributed by atoms with E-state index in [4.69, 9.17) is 0 Å². The number of hydrogen-bond donors (Lipinski definition) is 1. The zero-order valence-electron chi connectivity index (χ0n) is 9.65. The molecular formula is C13H18N2O. The molecule has 1 N–H and O–H groups in total. The summed E-state index contributed by atoms with van der Waals surface area (Å²) in [5.74, 6) is 0.0257. The molecule has 1 rings (SSSR count). The van der Waals surface area contributed by atoms with Crippen molar-refractivity contribution in [3.63, 3.8) is 0 Å². The number of nitrogens with one attached hydrogen (secondary N) is 1. The van der Waals surface area contributed by atoms with Crippen LogP contribution < -0.4 is 5.32 Å². The molecule has 0 fully saturated rings. The smallest absolute Gasteiger partial charge is 0.233 e. The Bertz CT molecular complexity index is 335. The molecular weight excluding hydrogens is 200 g/mol. The van der Waals surface area contributed by atoms with Crippen molar-refractivity contribution in [2.24, 2.45) is 0 Å². The van der Waals surface area contributed by atoms with Crippen LogP contribution >= 0.6 is 0 Å². The Kier molecular flexibility index (Phi) is 5.29.